The molecule has 0 radical (unpaired) electrons. The zero-order valence-electron chi connectivity index (χ0n) is 11.4. The Morgan fingerprint density at radius 3 is 2.89 bits per heavy atom. The summed E-state index contributed by atoms with van der Waals surface area (Å²) in [4.78, 5) is 22.7. The second-order valence-corrected chi connectivity index (χ2v) is 5.57. The van der Waals surface area contributed by atoms with E-state index in [-0.39, 0.29) is 36.1 Å². The highest BCUT2D eigenvalue weighted by atomic mass is 16.5. The van der Waals surface area contributed by atoms with Crippen LogP contribution >= 0.6 is 0 Å². The topological polar surface area (TPSA) is 63.6 Å². The summed E-state index contributed by atoms with van der Waals surface area (Å²) in [6, 6.07) is 0. The van der Waals surface area contributed by atoms with Gasteiger partial charge in [0, 0.05) is 17.9 Å². The average Bonchev–Trinajstić information content (AvgIpc) is 2.48. The lowest BCUT2D eigenvalue weighted by Crippen LogP contribution is -2.20. The number of aliphatic hydroxyl groups excluding tert-OH is 1. The van der Waals surface area contributed by atoms with Crippen molar-refractivity contribution >= 4 is 11.8 Å². The maximum absolute atomic E-state index is 11.5. The van der Waals surface area contributed by atoms with Crippen LogP contribution in [0.25, 0.3) is 0 Å². The summed E-state index contributed by atoms with van der Waals surface area (Å²) < 4.78 is 5.28. The Labute approximate surface area is 113 Å². The Balaban J connectivity index is 2.24. The van der Waals surface area contributed by atoms with Crippen LogP contribution in [-0.2, 0) is 14.3 Å². The molecule has 4 nitrogen and oxygen atoms in total. The predicted octanol–water partition coefficient (Wildman–Crippen LogP) is 1.78. The Bertz CT molecular complexity index is 449. The molecule has 1 aliphatic carbocycles. The molecule has 0 aromatic rings. The molecule has 104 valence electrons. The Morgan fingerprint density at radius 2 is 2.26 bits per heavy atom. The third-order valence-electron chi connectivity index (χ3n) is 4.05. The zero-order valence-corrected chi connectivity index (χ0v) is 11.4. The second-order valence-electron chi connectivity index (χ2n) is 5.57. The number of ether oxygens (including phenoxy) is 1. The third kappa shape index (κ3) is 2.78. The van der Waals surface area contributed by atoms with Crippen LogP contribution in [0.3, 0.4) is 0 Å². The molecule has 0 aromatic heterocycles. The molecule has 0 spiro atoms. The van der Waals surface area contributed by atoms with Crippen molar-refractivity contribution in [3.8, 4) is 0 Å². The van der Waals surface area contributed by atoms with E-state index in [4.69, 9.17) is 4.74 Å². The van der Waals surface area contributed by atoms with Gasteiger partial charge >= 0.3 is 5.97 Å². The molecule has 2 aliphatic rings. The van der Waals surface area contributed by atoms with Crippen molar-refractivity contribution in [1.82, 2.24) is 0 Å². The largest absolute Gasteiger partial charge is 0.454 e. The van der Waals surface area contributed by atoms with E-state index in [0.717, 1.165) is 18.4 Å². The zero-order chi connectivity index (χ0) is 14.2. The Kier molecular flexibility index (Phi) is 3.90. The molecule has 19 heavy (non-hydrogen) atoms. The molecule has 1 fully saturated rings. The minimum atomic E-state index is -0.779. The fourth-order valence-corrected chi connectivity index (χ4v) is 2.90. The number of fused-ring (bicyclic) bond motifs is 1. The van der Waals surface area contributed by atoms with Crippen LogP contribution in [0, 0.1) is 11.8 Å². The molecule has 0 aromatic carbocycles. The molecule has 0 amide bonds. The highest BCUT2D eigenvalue weighted by Gasteiger charge is 2.40. The van der Waals surface area contributed by atoms with Crippen molar-refractivity contribution in [3.63, 3.8) is 0 Å². The number of Topliss-reactive ketones (excluding diaryl/α,β-unsaturated/α-hetero) is 1. The van der Waals surface area contributed by atoms with Crippen LogP contribution in [0.2, 0.25) is 0 Å². The minimum Gasteiger partial charge on any atom is -0.454 e. The van der Waals surface area contributed by atoms with Crippen LogP contribution in [0.15, 0.2) is 23.8 Å². The van der Waals surface area contributed by atoms with E-state index in [1.165, 1.54) is 6.92 Å². The maximum atomic E-state index is 11.5. The summed E-state index contributed by atoms with van der Waals surface area (Å²) in [5.74, 6) is -0.195. The normalized spacial score (nSPS) is 32.2. The van der Waals surface area contributed by atoms with Crippen LogP contribution < -0.4 is 0 Å². The molecule has 4 atom stereocenters. The van der Waals surface area contributed by atoms with Gasteiger partial charge in [-0.2, -0.15) is 0 Å². The number of esters is 1. The molecule has 1 N–H and O–H groups in total. The molecule has 1 aliphatic heterocycles. The lowest BCUT2D eigenvalue weighted by atomic mass is 9.90. The maximum Gasteiger partial charge on any atom is 0.334 e. The monoisotopic (exact) mass is 264 g/mol. The standard InChI is InChI=1S/C15H20O4/c1-8-4-5-11-10(3)15(18)19-14(11)7-12(8)13(17)6-9(2)16/h7-8,11,13-14,17H,3-6H2,1-2H3/t8-,11-,13-,14+/m0/s1. The number of ketones is 1. The van der Waals surface area contributed by atoms with Crippen molar-refractivity contribution in [1.29, 1.82) is 0 Å². The first-order valence-corrected chi connectivity index (χ1v) is 6.69. The van der Waals surface area contributed by atoms with E-state index in [9.17, 15) is 14.7 Å². The summed E-state index contributed by atoms with van der Waals surface area (Å²) in [6.07, 6.45) is 2.51. The Morgan fingerprint density at radius 1 is 1.58 bits per heavy atom. The van der Waals surface area contributed by atoms with Crippen molar-refractivity contribution in [2.24, 2.45) is 11.8 Å². The van der Waals surface area contributed by atoms with E-state index in [1.54, 1.807) is 0 Å². The Hall–Kier alpha value is -1.42. The van der Waals surface area contributed by atoms with E-state index in [0.29, 0.717) is 5.57 Å². The lowest BCUT2D eigenvalue weighted by Gasteiger charge is -2.19. The number of aliphatic hydroxyl groups is 1. The molecule has 2 rings (SSSR count). The van der Waals surface area contributed by atoms with Crippen molar-refractivity contribution in [3.05, 3.63) is 23.8 Å². The quantitative estimate of drug-likeness (QED) is 0.479. The van der Waals surface area contributed by atoms with Gasteiger partial charge in [0.05, 0.1) is 6.10 Å². The van der Waals surface area contributed by atoms with E-state index in [1.807, 2.05) is 13.0 Å². The smallest absolute Gasteiger partial charge is 0.334 e. The van der Waals surface area contributed by atoms with Crippen LogP contribution in [0.5, 0.6) is 0 Å². The lowest BCUT2D eigenvalue weighted by molar-refractivity contribution is -0.137. The van der Waals surface area contributed by atoms with Gasteiger partial charge in [-0.3, -0.25) is 4.79 Å². The van der Waals surface area contributed by atoms with Crippen LogP contribution in [-0.4, -0.2) is 29.1 Å². The summed E-state index contributed by atoms with van der Waals surface area (Å²) in [5.41, 5.74) is 1.33. The van der Waals surface area contributed by atoms with E-state index >= 15 is 0 Å². The van der Waals surface area contributed by atoms with Gasteiger partial charge in [0.15, 0.2) is 0 Å². The molecule has 1 heterocycles. The molecular formula is C15H20O4. The van der Waals surface area contributed by atoms with Crippen LogP contribution in [0.4, 0.5) is 0 Å². The van der Waals surface area contributed by atoms with Gasteiger partial charge in [-0.05, 0) is 37.3 Å². The molecule has 0 bridgehead atoms. The predicted molar refractivity (Wildman–Crippen MR) is 70.3 cm³/mol. The molecule has 0 unspecified atom stereocenters. The fraction of sp³-hybridized carbons (Fsp3) is 0.600. The first-order chi connectivity index (χ1) is 8.90. The van der Waals surface area contributed by atoms with Crippen LogP contribution in [0.1, 0.15) is 33.1 Å². The summed E-state index contributed by atoms with van der Waals surface area (Å²) in [7, 11) is 0. The van der Waals surface area contributed by atoms with Crippen molar-refractivity contribution < 1.29 is 19.4 Å². The summed E-state index contributed by atoms with van der Waals surface area (Å²) in [6.45, 7) is 7.28. The molecule has 1 saturated heterocycles. The van der Waals surface area contributed by atoms with Gasteiger partial charge in [-0.25, -0.2) is 4.79 Å². The average molecular weight is 264 g/mol. The first-order valence-electron chi connectivity index (χ1n) is 6.69. The molecule has 0 saturated carbocycles. The second kappa shape index (κ2) is 5.29. The van der Waals surface area contributed by atoms with Gasteiger partial charge in [0.2, 0.25) is 0 Å². The SMILES string of the molecule is C=C1C(=O)O[C@@H]2C=C([C@@H](O)CC(C)=O)[C@@H](C)CC[C@@H]12. The molecule has 4 heteroatoms. The highest BCUT2D eigenvalue weighted by Crippen LogP contribution is 2.38. The van der Waals surface area contributed by atoms with Gasteiger partial charge in [0.25, 0.3) is 0 Å². The van der Waals surface area contributed by atoms with Gasteiger partial charge in [-0.15, -0.1) is 0 Å². The number of hydrogen-bond acceptors (Lipinski definition) is 4. The number of carbonyl (C=O) groups excluding carboxylic acids is 2. The minimum absolute atomic E-state index is 0.0111. The summed E-state index contributed by atoms with van der Waals surface area (Å²) in [5, 5.41) is 10.1. The van der Waals surface area contributed by atoms with Gasteiger partial charge in [-0.1, -0.05) is 13.5 Å². The van der Waals surface area contributed by atoms with Crippen molar-refractivity contribution in [2.45, 2.75) is 45.3 Å². The fourth-order valence-electron chi connectivity index (χ4n) is 2.90. The third-order valence-corrected chi connectivity index (χ3v) is 4.05. The van der Waals surface area contributed by atoms with Gasteiger partial charge < -0.3 is 9.84 Å². The van der Waals surface area contributed by atoms with Crippen molar-refractivity contribution in [2.75, 3.05) is 0 Å². The van der Waals surface area contributed by atoms with E-state index in [2.05, 4.69) is 6.58 Å². The van der Waals surface area contributed by atoms with E-state index < -0.39 is 6.10 Å². The number of carbonyl (C=O) groups is 2. The van der Waals surface area contributed by atoms with Gasteiger partial charge in [0.1, 0.15) is 11.9 Å². The first kappa shape index (κ1) is 14.0. The number of hydrogen-bond donors (Lipinski definition) is 1. The summed E-state index contributed by atoms with van der Waals surface area (Å²) >= 11 is 0. The highest BCUT2D eigenvalue weighted by molar-refractivity contribution is 5.91. The molecular weight excluding hydrogens is 244 g/mol. The number of rotatable bonds is 3.